The topological polar surface area (TPSA) is 87.3 Å². The van der Waals surface area contributed by atoms with Crippen LogP contribution in [0.5, 0.6) is 0 Å². The van der Waals surface area contributed by atoms with Crippen molar-refractivity contribution in [2.75, 3.05) is 25.9 Å². The second-order valence-corrected chi connectivity index (χ2v) is 5.92. The highest BCUT2D eigenvalue weighted by Crippen LogP contribution is 1.77. The zero-order valence-corrected chi connectivity index (χ0v) is 11.5. The summed E-state index contributed by atoms with van der Waals surface area (Å²) < 4.78 is 2.77. The summed E-state index contributed by atoms with van der Waals surface area (Å²) in [7, 11) is -0.434. The Morgan fingerprint density at radius 1 is 1.06 bits per heavy atom. The molecule has 1 unspecified atom stereocenters. The molecule has 1 atom stereocenters. The van der Waals surface area contributed by atoms with E-state index < -0.39 is 9.64 Å². The van der Waals surface area contributed by atoms with Gasteiger partial charge in [-0.1, -0.05) is 16.6 Å². The quantitative estimate of drug-likeness (QED) is 0.499. The van der Waals surface area contributed by atoms with Gasteiger partial charge in [-0.15, -0.1) is 0 Å². The highest BCUT2D eigenvalue weighted by molar-refractivity contribution is 8.27. The molecular weight excluding hydrogens is 262 g/mol. The summed E-state index contributed by atoms with van der Waals surface area (Å²) in [5.74, 6) is -0.729. The molecule has 2 amide bonds. The van der Waals surface area contributed by atoms with Crippen LogP contribution in [0.25, 0.3) is 0 Å². The van der Waals surface area contributed by atoms with E-state index in [9.17, 15) is 14.4 Å². The maximum Gasteiger partial charge on any atom is 0.239 e. The van der Waals surface area contributed by atoms with Crippen molar-refractivity contribution in [3.63, 3.8) is 0 Å². The van der Waals surface area contributed by atoms with Gasteiger partial charge in [-0.25, -0.2) is 0 Å². The first kappa shape index (κ1) is 16.1. The molecular formula is C9H17N3O3S2. The minimum atomic E-state index is -0.434. The zero-order valence-electron chi connectivity index (χ0n) is 9.87. The van der Waals surface area contributed by atoms with E-state index in [1.54, 1.807) is 13.2 Å². The first-order valence-corrected chi connectivity index (χ1v) is 7.63. The molecule has 0 aromatic heterocycles. The van der Waals surface area contributed by atoms with Gasteiger partial charge in [0.2, 0.25) is 11.8 Å². The van der Waals surface area contributed by atoms with Crippen molar-refractivity contribution in [2.24, 2.45) is 0 Å². The van der Waals surface area contributed by atoms with Gasteiger partial charge in [-0.3, -0.25) is 19.1 Å². The van der Waals surface area contributed by atoms with Gasteiger partial charge in [0, 0.05) is 6.42 Å². The van der Waals surface area contributed by atoms with Crippen LogP contribution in [-0.2, 0) is 35.2 Å². The van der Waals surface area contributed by atoms with E-state index in [4.69, 9.17) is 11.2 Å². The zero-order chi connectivity index (χ0) is 13.3. The smallest absolute Gasteiger partial charge is 0.239 e. The lowest BCUT2D eigenvalue weighted by Gasteiger charge is -2.06. The molecule has 0 spiro atoms. The number of hydrogen-bond acceptors (Lipinski definition) is 4. The summed E-state index contributed by atoms with van der Waals surface area (Å²) in [5, 5.41) is 4.82. The number of hydrogen-bond donors (Lipinski definition) is 3. The summed E-state index contributed by atoms with van der Waals surface area (Å²) in [6.07, 6.45) is 2.15. The summed E-state index contributed by atoms with van der Waals surface area (Å²) >= 11 is 4.84. The van der Waals surface area contributed by atoms with Crippen molar-refractivity contribution in [3.8, 4) is 0 Å². The molecule has 0 fully saturated rings. The molecule has 8 heteroatoms. The van der Waals surface area contributed by atoms with Crippen LogP contribution >= 0.6 is 0 Å². The molecule has 3 N–H and O–H groups in total. The Balaban J connectivity index is 3.66. The number of ketones is 1. The fourth-order valence-electron chi connectivity index (χ4n) is 0.793. The maximum absolute atomic E-state index is 11.2. The molecule has 98 valence electrons. The number of rotatable bonds is 8. The first-order valence-electron chi connectivity index (χ1n) is 5.07. The Morgan fingerprint density at radius 2 is 1.59 bits per heavy atom. The van der Waals surface area contributed by atoms with Gasteiger partial charge >= 0.3 is 0 Å². The van der Waals surface area contributed by atoms with E-state index in [2.05, 4.69) is 15.4 Å². The first-order chi connectivity index (χ1) is 7.95. The van der Waals surface area contributed by atoms with Crippen LogP contribution in [0.2, 0.25) is 0 Å². The Labute approximate surface area is 108 Å². The SMILES string of the molecule is CCC(=O)CNC(=O)CNC(=O)CNS(C)=S. The van der Waals surface area contributed by atoms with Gasteiger partial charge in [0.15, 0.2) is 5.78 Å². The lowest BCUT2D eigenvalue weighted by atomic mass is 10.3. The maximum atomic E-state index is 11.2. The summed E-state index contributed by atoms with van der Waals surface area (Å²) in [6.45, 7) is 1.68. The molecule has 0 heterocycles. The highest BCUT2D eigenvalue weighted by Gasteiger charge is 2.06. The molecule has 17 heavy (non-hydrogen) atoms. The van der Waals surface area contributed by atoms with Crippen LogP contribution in [0.15, 0.2) is 0 Å². The van der Waals surface area contributed by atoms with Crippen LogP contribution in [0, 0.1) is 0 Å². The Kier molecular flexibility index (Phi) is 8.73. The van der Waals surface area contributed by atoms with E-state index in [0.717, 1.165) is 0 Å². The van der Waals surface area contributed by atoms with Gasteiger partial charge in [0.05, 0.1) is 19.6 Å². The van der Waals surface area contributed by atoms with Crippen LogP contribution in [0.1, 0.15) is 13.3 Å². The van der Waals surface area contributed by atoms with Crippen LogP contribution in [-0.4, -0.2) is 43.5 Å². The largest absolute Gasteiger partial charge is 0.347 e. The molecule has 0 saturated carbocycles. The Morgan fingerprint density at radius 3 is 2.12 bits per heavy atom. The summed E-state index contributed by atoms with van der Waals surface area (Å²) in [4.78, 5) is 33.3. The van der Waals surface area contributed by atoms with Crippen LogP contribution < -0.4 is 15.4 Å². The van der Waals surface area contributed by atoms with Gasteiger partial charge in [0.1, 0.15) is 0 Å². The van der Waals surface area contributed by atoms with Crippen molar-refractivity contribution >= 4 is 38.4 Å². The third-order valence-corrected chi connectivity index (χ3v) is 2.66. The monoisotopic (exact) mass is 279 g/mol. The van der Waals surface area contributed by atoms with Gasteiger partial charge in [-0.2, -0.15) is 0 Å². The van der Waals surface area contributed by atoms with Gasteiger partial charge in [0.25, 0.3) is 0 Å². The molecule has 0 bridgehead atoms. The van der Waals surface area contributed by atoms with Crippen LogP contribution in [0.3, 0.4) is 0 Å². The molecule has 0 rings (SSSR count). The number of amides is 2. The van der Waals surface area contributed by atoms with E-state index in [1.165, 1.54) is 0 Å². The Hall–Kier alpha value is -0.860. The number of carbonyl (C=O) groups is 3. The second kappa shape index (κ2) is 9.20. The molecule has 0 radical (unpaired) electrons. The standard InChI is InChI=1S/C9H17N3O3S2/c1-3-7(13)4-10-8(14)5-11-9(15)6-12-17(2)16/h12H,3-6H2,1-2H3,(H,10,14)(H,11,15). The summed E-state index contributed by atoms with van der Waals surface area (Å²) in [6, 6.07) is 0. The van der Waals surface area contributed by atoms with Gasteiger partial charge in [-0.05, 0) is 17.4 Å². The second-order valence-electron chi connectivity index (χ2n) is 3.22. The lowest BCUT2D eigenvalue weighted by Crippen LogP contribution is -2.42. The predicted molar refractivity (Wildman–Crippen MR) is 70.0 cm³/mol. The van der Waals surface area contributed by atoms with Crippen molar-refractivity contribution in [2.45, 2.75) is 13.3 Å². The predicted octanol–water partition coefficient (Wildman–Crippen LogP) is -1.59. The van der Waals surface area contributed by atoms with E-state index in [1.807, 2.05) is 0 Å². The minimum Gasteiger partial charge on any atom is -0.347 e. The Bertz CT molecular complexity index is 321. The fourth-order valence-corrected chi connectivity index (χ4v) is 1.30. The lowest BCUT2D eigenvalue weighted by molar-refractivity contribution is -0.126. The molecule has 0 saturated heterocycles. The van der Waals surface area contributed by atoms with E-state index in [0.29, 0.717) is 6.42 Å². The van der Waals surface area contributed by atoms with Crippen molar-refractivity contribution in [3.05, 3.63) is 0 Å². The van der Waals surface area contributed by atoms with Crippen LogP contribution in [0.4, 0.5) is 0 Å². The number of nitrogens with one attached hydrogen (secondary N) is 3. The third-order valence-electron chi connectivity index (χ3n) is 1.76. The third kappa shape index (κ3) is 10.0. The molecule has 0 aliphatic rings. The van der Waals surface area contributed by atoms with E-state index in [-0.39, 0.29) is 37.2 Å². The molecule has 6 nitrogen and oxygen atoms in total. The molecule has 0 aliphatic carbocycles. The van der Waals surface area contributed by atoms with Crippen molar-refractivity contribution < 1.29 is 14.4 Å². The van der Waals surface area contributed by atoms with E-state index >= 15 is 0 Å². The van der Waals surface area contributed by atoms with Crippen molar-refractivity contribution in [1.29, 1.82) is 0 Å². The molecule has 0 aromatic carbocycles. The van der Waals surface area contributed by atoms with Crippen molar-refractivity contribution in [1.82, 2.24) is 15.4 Å². The average Bonchev–Trinajstić information content (AvgIpc) is 2.30. The summed E-state index contributed by atoms with van der Waals surface area (Å²) in [5.41, 5.74) is 0. The normalized spacial score (nSPS) is 11.6. The van der Waals surface area contributed by atoms with Gasteiger partial charge < -0.3 is 10.6 Å². The number of carbonyl (C=O) groups excluding carboxylic acids is 3. The number of Topliss-reactive ketones (excluding diaryl/α,β-unsaturated/α-hetero) is 1. The molecule has 0 aromatic rings. The highest BCUT2D eigenvalue weighted by atomic mass is 32.8. The fraction of sp³-hybridized carbons (Fsp3) is 0.667. The minimum absolute atomic E-state index is 0.00797. The molecule has 0 aliphatic heterocycles. The average molecular weight is 279 g/mol.